The molecule has 0 amide bonds. The molecule has 110 valence electrons. The van der Waals surface area contributed by atoms with E-state index in [0.29, 0.717) is 18.2 Å². The van der Waals surface area contributed by atoms with E-state index in [2.05, 4.69) is 51.9 Å². The Kier molecular flexibility index (Phi) is 10.7. The second-order valence-electron chi connectivity index (χ2n) is 5.33. The summed E-state index contributed by atoms with van der Waals surface area (Å²) in [4.78, 5) is 2.45. The van der Waals surface area contributed by atoms with Gasteiger partial charge in [-0.15, -0.1) is 0 Å². The number of nitrogens with zero attached hydrogens (tertiary/aromatic N) is 1. The van der Waals surface area contributed by atoms with Crippen molar-refractivity contribution in [2.24, 2.45) is 0 Å². The predicted molar refractivity (Wildman–Crippen MR) is 80.2 cm³/mol. The highest BCUT2D eigenvalue weighted by molar-refractivity contribution is 4.81. The van der Waals surface area contributed by atoms with Crippen LogP contribution in [0.2, 0.25) is 0 Å². The van der Waals surface area contributed by atoms with E-state index in [1.54, 1.807) is 0 Å². The van der Waals surface area contributed by atoms with Gasteiger partial charge in [0.2, 0.25) is 0 Å². The zero-order valence-electron chi connectivity index (χ0n) is 13.3. The Morgan fingerprint density at radius 1 is 1.17 bits per heavy atom. The van der Waals surface area contributed by atoms with Gasteiger partial charge in [-0.2, -0.15) is 0 Å². The van der Waals surface area contributed by atoms with Gasteiger partial charge in [0.1, 0.15) is 0 Å². The third-order valence-electron chi connectivity index (χ3n) is 3.41. The van der Waals surface area contributed by atoms with E-state index >= 15 is 0 Å². The number of hydrogen-bond acceptors (Lipinski definition) is 3. The summed E-state index contributed by atoms with van der Waals surface area (Å²) < 4.78 is 5.64. The number of hydrogen-bond donors (Lipinski definition) is 1. The van der Waals surface area contributed by atoms with E-state index in [-0.39, 0.29) is 0 Å². The SMILES string of the molecule is CCCC(NCC)C(CC)N(C)CCOC(C)C. The number of ether oxygens (including phenoxy) is 1. The lowest BCUT2D eigenvalue weighted by atomic mass is 9.99. The maximum absolute atomic E-state index is 5.64. The number of likely N-dealkylation sites (N-methyl/N-ethyl adjacent to an activating group) is 2. The fourth-order valence-electron chi connectivity index (χ4n) is 2.51. The fraction of sp³-hybridized carbons (Fsp3) is 1.00. The van der Waals surface area contributed by atoms with Gasteiger partial charge in [-0.25, -0.2) is 0 Å². The molecule has 0 aromatic carbocycles. The molecule has 0 aliphatic carbocycles. The first kappa shape index (κ1) is 17.9. The number of nitrogens with one attached hydrogen (secondary N) is 1. The Labute approximate surface area is 114 Å². The highest BCUT2D eigenvalue weighted by Crippen LogP contribution is 2.12. The molecule has 0 aromatic rings. The van der Waals surface area contributed by atoms with E-state index in [1.807, 2.05) is 0 Å². The van der Waals surface area contributed by atoms with Crippen molar-refractivity contribution in [3.8, 4) is 0 Å². The molecular weight excluding hydrogens is 224 g/mol. The minimum Gasteiger partial charge on any atom is -0.377 e. The zero-order chi connectivity index (χ0) is 14.0. The molecule has 0 saturated heterocycles. The van der Waals surface area contributed by atoms with Crippen LogP contribution >= 0.6 is 0 Å². The Bertz CT molecular complexity index is 179. The molecule has 0 aliphatic heterocycles. The smallest absolute Gasteiger partial charge is 0.0596 e. The van der Waals surface area contributed by atoms with Crippen molar-refractivity contribution in [2.45, 2.75) is 72.1 Å². The lowest BCUT2D eigenvalue weighted by Gasteiger charge is -2.34. The monoisotopic (exact) mass is 258 g/mol. The molecule has 3 nitrogen and oxygen atoms in total. The molecule has 0 fully saturated rings. The van der Waals surface area contributed by atoms with Gasteiger partial charge < -0.3 is 10.1 Å². The predicted octanol–water partition coefficient (Wildman–Crippen LogP) is 2.90. The molecule has 2 atom stereocenters. The third kappa shape index (κ3) is 7.34. The van der Waals surface area contributed by atoms with Crippen LogP contribution in [0.25, 0.3) is 0 Å². The minimum absolute atomic E-state index is 0.332. The normalized spacial score (nSPS) is 15.3. The lowest BCUT2D eigenvalue weighted by molar-refractivity contribution is 0.0502. The molecule has 0 aromatic heterocycles. The summed E-state index contributed by atoms with van der Waals surface area (Å²) in [6, 6.07) is 1.22. The van der Waals surface area contributed by atoms with E-state index in [1.165, 1.54) is 19.3 Å². The largest absolute Gasteiger partial charge is 0.377 e. The van der Waals surface area contributed by atoms with Crippen LogP contribution in [0, 0.1) is 0 Å². The average Bonchev–Trinajstić information content (AvgIpc) is 2.30. The van der Waals surface area contributed by atoms with Crippen LogP contribution in [0.3, 0.4) is 0 Å². The molecular formula is C15H34N2O. The van der Waals surface area contributed by atoms with Crippen molar-refractivity contribution in [1.29, 1.82) is 0 Å². The highest BCUT2D eigenvalue weighted by Gasteiger charge is 2.22. The van der Waals surface area contributed by atoms with Crippen LogP contribution in [0.15, 0.2) is 0 Å². The zero-order valence-corrected chi connectivity index (χ0v) is 13.3. The van der Waals surface area contributed by atoms with Gasteiger partial charge >= 0.3 is 0 Å². The van der Waals surface area contributed by atoms with Crippen molar-refractivity contribution in [3.63, 3.8) is 0 Å². The van der Waals surface area contributed by atoms with Crippen LogP contribution in [0.4, 0.5) is 0 Å². The molecule has 18 heavy (non-hydrogen) atoms. The van der Waals surface area contributed by atoms with Gasteiger partial charge in [-0.05, 0) is 40.3 Å². The van der Waals surface area contributed by atoms with E-state index in [0.717, 1.165) is 19.7 Å². The molecule has 0 bridgehead atoms. The van der Waals surface area contributed by atoms with Crippen LogP contribution in [0.5, 0.6) is 0 Å². The lowest BCUT2D eigenvalue weighted by Crippen LogP contribution is -2.49. The first-order valence-corrected chi connectivity index (χ1v) is 7.61. The highest BCUT2D eigenvalue weighted by atomic mass is 16.5. The van der Waals surface area contributed by atoms with Crippen molar-refractivity contribution in [3.05, 3.63) is 0 Å². The summed E-state index contributed by atoms with van der Waals surface area (Å²) in [5.41, 5.74) is 0. The van der Waals surface area contributed by atoms with Gasteiger partial charge in [-0.3, -0.25) is 4.90 Å². The molecule has 0 rings (SSSR count). The van der Waals surface area contributed by atoms with Gasteiger partial charge in [0.15, 0.2) is 0 Å². The summed E-state index contributed by atoms with van der Waals surface area (Å²) >= 11 is 0. The second kappa shape index (κ2) is 10.8. The molecule has 0 spiro atoms. The Morgan fingerprint density at radius 3 is 2.28 bits per heavy atom. The van der Waals surface area contributed by atoms with Crippen LogP contribution in [-0.4, -0.2) is 49.8 Å². The maximum atomic E-state index is 5.64. The molecule has 0 aliphatic rings. The van der Waals surface area contributed by atoms with Crippen LogP contribution in [-0.2, 0) is 4.74 Å². The van der Waals surface area contributed by atoms with Crippen molar-refractivity contribution in [2.75, 3.05) is 26.7 Å². The Morgan fingerprint density at radius 2 is 1.83 bits per heavy atom. The fourth-order valence-corrected chi connectivity index (χ4v) is 2.51. The Hall–Kier alpha value is -0.120. The first-order valence-electron chi connectivity index (χ1n) is 7.61. The summed E-state index contributed by atoms with van der Waals surface area (Å²) in [6.45, 7) is 13.8. The minimum atomic E-state index is 0.332. The molecule has 3 heteroatoms. The topological polar surface area (TPSA) is 24.5 Å². The molecule has 1 N–H and O–H groups in total. The van der Waals surface area contributed by atoms with E-state index < -0.39 is 0 Å². The maximum Gasteiger partial charge on any atom is 0.0596 e. The third-order valence-corrected chi connectivity index (χ3v) is 3.41. The molecule has 0 saturated carbocycles. The van der Waals surface area contributed by atoms with Gasteiger partial charge in [-0.1, -0.05) is 27.2 Å². The average molecular weight is 258 g/mol. The second-order valence-corrected chi connectivity index (χ2v) is 5.33. The van der Waals surface area contributed by atoms with Crippen molar-refractivity contribution < 1.29 is 4.74 Å². The molecule has 0 radical (unpaired) electrons. The van der Waals surface area contributed by atoms with Crippen LogP contribution in [0.1, 0.15) is 53.9 Å². The van der Waals surface area contributed by atoms with Gasteiger partial charge in [0, 0.05) is 18.6 Å². The molecule has 0 heterocycles. The first-order chi connectivity index (χ1) is 8.56. The van der Waals surface area contributed by atoms with Crippen LogP contribution < -0.4 is 5.32 Å². The summed E-state index contributed by atoms with van der Waals surface area (Å²) in [6.07, 6.45) is 4.01. The summed E-state index contributed by atoms with van der Waals surface area (Å²) in [7, 11) is 2.22. The van der Waals surface area contributed by atoms with Crippen molar-refractivity contribution >= 4 is 0 Å². The standard InChI is InChI=1S/C15H34N2O/c1-7-10-14(16-9-3)15(8-2)17(6)11-12-18-13(4)5/h13-16H,7-12H2,1-6H3. The van der Waals surface area contributed by atoms with Gasteiger partial charge in [0.25, 0.3) is 0 Å². The Balaban J connectivity index is 4.23. The number of rotatable bonds is 11. The molecule has 2 unspecified atom stereocenters. The van der Waals surface area contributed by atoms with E-state index in [9.17, 15) is 0 Å². The summed E-state index contributed by atoms with van der Waals surface area (Å²) in [5.74, 6) is 0. The summed E-state index contributed by atoms with van der Waals surface area (Å²) in [5, 5.41) is 3.63. The van der Waals surface area contributed by atoms with Crippen molar-refractivity contribution in [1.82, 2.24) is 10.2 Å². The quantitative estimate of drug-likeness (QED) is 0.617. The van der Waals surface area contributed by atoms with Gasteiger partial charge in [0.05, 0.1) is 12.7 Å². The van der Waals surface area contributed by atoms with E-state index in [4.69, 9.17) is 4.74 Å².